The van der Waals surface area contributed by atoms with E-state index < -0.39 is 15.1 Å². The van der Waals surface area contributed by atoms with Gasteiger partial charge in [0, 0.05) is 42.3 Å². The molecule has 2 atom stereocenters. The molecule has 6 heteroatoms. The zero-order valence-corrected chi connectivity index (χ0v) is 13.8. The molecule has 5 nitrogen and oxygen atoms in total. The minimum Gasteiger partial charge on any atom is -0.351 e. The second kappa shape index (κ2) is 5.12. The van der Waals surface area contributed by atoms with Crippen LogP contribution in [-0.2, 0) is 16.9 Å². The fraction of sp³-hybridized carbons (Fsp3) is 0.438. The second-order valence-corrected chi connectivity index (χ2v) is 8.45. The van der Waals surface area contributed by atoms with Gasteiger partial charge >= 0.3 is 0 Å². The average Bonchev–Trinajstić information content (AvgIpc) is 2.86. The van der Waals surface area contributed by atoms with Crippen LogP contribution in [0.4, 0.5) is 0 Å². The Morgan fingerprint density at radius 1 is 1.23 bits per heavy atom. The van der Waals surface area contributed by atoms with E-state index in [1.807, 2.05) is 49.0 Å². The maximum absolute atomic E-state index is 12.9. The fourth-order valence-corrected chi connectivity index (χ4v) is 4.67. The van der Waals surface area contributed by atoms with Crippen LogP contribution < -0.4 is 0 Å². The summed E-state index contributed by atoms with van der Waals surface area (Å²) >= 11 is 0. The molecule has 1 amide bonds. The summed E-state index contributed by atoms with van der Waals surface area (Å²) in [6, 6.07) is 7.26. The summed E-state index contributed by atoms with van der Waals surface area (Å²) in [5.41, 5.74) is 1.63. The predicted molar refractivity (Wildman–Crippen MR) is 86.7 cm³/mol. The quantitative estimate of drug-likeness (QED) is 0.805. The number of hydrogen-bond donors (Lipinski definition) is 0. The molecule has 0 radical (unpaired) electrons. The van der Waals surface area contributed by atoms with Crippen molar-refractivity contribution in [2.24, 2.45) is 7.05 Å². The van der Waals surface area contributed by atoms with Gasteiger partial charge in [-0.2, -0.15) is 0 Å². The van der Waals surface area contributed by atoms with Crippen molar-refractivity contribution in [3.63, 3.8) is 0 Å². The van der Waals surface area contributed by atoms with Crippen molar-refractivity contribution in [1.29, 1.82) is 0 Å². The Balaban J connectivity index is 2.00. The number of benzene rings is 1. The van der Waals surface area contributed by atoms with Crippen LogP contribution in [0.15, 0.2) is 30.5 Å². The molecular formula is C16H20N2O3S. The molecule has 2 heterocycles. The fourth-order valence-electron chi connectivity index (χ4n) is 3.10. The van der Waals surface area contributed by atoms with Gasteiger partial charge in [0.1, 0.15) is 0 Å². The lowest BCUT2D eigenvalue weighted by molar-refractivity contribution is 0.0695. The molecule has 118 valence electrons. The number of carbonyl (C=O) groups is 1. The van der Waals surface area contributed by atoms with E-state index in [9.17, 15) is 13.2 Å². The number of aryl methyl sites for hydroxylation is 1. The molecule has 0 aliphatic carbocycles. The van der Waals surface area contributed by atoms with E-state index in [4.69, 9.17) is 0 Å². The number of fused-ring (bicyclic) bond motifs is 1. The number of amides is 1. The smallest absolute Gasteiger partial charge is 0.254 e. The molecule has 1 fully saturated rings. The highest BCUT2D eigenvalue weighted by Gasteiger charge is 2.38. The standard InChI is InChI=1S/C16H20N2O3S/c1-11-12(2)22(20,21)10-9-18(11)16(19)14-5-4-6-15-13(14)7-8-17(15)3/h4-8,11-12H,9-10H2,1-3H3/t11-,12-/m0/s1. The van der Waals surface area contributed by atoms with Gasteiger partial charge in [0.2, 0.25) is 0 Å². The van der Waals surface area contributed by atoms with E-state index in [1.54, 1.807) is 11.8 Å². The van der Waals surface area contributed by atoms with Crippen LogP contribution in [-0.4, -0.2) is 47.4 Å². The zero-order valence-electron chi connectivity index (χ0n) is 13.0. The summed E-state index contributed by atoms with van der Waals surface area (Å²) in [5.74, 6) is -0.0549. The molecule has 0 spiro atoms. The van der Waals surface area contributed by atoms with Gasteiger partial charge in [0.05, 0.1) is 11.0 Å². The van der Waals surface area contributed by atoms with Gasteiger partial charge < -0.3 is 9.47 Å². The molecule has 1 aromatic carbocycles. The first-order valence-electron chi connectivity index (χ1n) is 7.39. The first-order valence-corrected chi connectivity index (χ1v) is 9.11. The molecular weight excluding hydrogens is 300 g/mol. The Labute approximate surface area is 130 Å². The minimum atomic E-state index is -3.10. The van der Waals surface area contributed by atoms with E-state index >= 15 is 0 Å². The van der Waals surface area contributed by atoms with Crippen molar-refractivity contribution in [3.05, 3.63) is 36.0 Å². The van der Waals surface area contributed by atoms with Crippen LogP contribution in [0.5, 0.6) is 0 Å². The molecule has 2 aromatic rings. The SMILES string of the molecule is C[C@H]1[C@H](C)S(=O)(=O)CCN1C(=O)c1cccc2c1ccn2C. The van der Waals surface area contributed by atoms with E-state index in [0.29, 0.717) is 5.56 Å². The lowest BCUT2D eigenvalue weighted by Gasteiger charge is -2.37. The third-order valence-corrected chi connectivity index (χ3v) is 7.05. The first kappa shape index (κ1) is 15.1. The third kappa shape index (κ3) is 2.22. The molecule has 0 bridgehead atoms. The predicted octanol–water partition coefficient (Wildman–Crippen LogP) is 1.83. The second-order valence-electron chi connectivity index (χ2n) is 5.98. The molecule has 3 rings (SSSR count). The van der Waals surface area contributed by atoms with Crippen molar-refractivity contribution in [2.45, 2.75) is 25.1 Å². The molecule has 1 aromatic heterocycles. The van der Waals surface area contributed by atoms with Gasteiger partial charge in [-0.1, -0.05) is 6.07 Å². The van der Waals surface area contributed by atoms with Gasteiger partial charge in [0.15, 0.2) is 9.84 Å². The molecule has 0 unspecified atom stereocenters. The molecule has 1 aliphatic rings. The van der Waals surface area contributed by atoms with Crippen molar-refractivity contribution < 1.29 is 13.2 Å². The normalized spacial score (nSPS) is 24.6. The van der Waals surface area contributed by atoms with E-state index in [2.05, 4.69) is 0 Å². The highest BCUT2D eigenvalue weighted by atomic mass is 32.2. The summed E-state index contributed by atoms with van der Waals surface area (Å²) in [4.78, 5) is 14.6. The van der Waals surface area contributed by atoms with Crippen molar-refractivity contribution >= 4 is 26.6 Å². The van der Waals surface area contributed by atoms with E-state index in [0.717, 1.165) is 10.9 Å². The number of aromatic nitrogens is 1. The summed E-state index contributed by atoms with van der Waals surface area (Å²) in [5, 5.41) is 0.378. The highest BCUT2D eigenvalue weighted by molar-refractivity contribution is 7.92. The summed E-state index contributed by atoms with van der Waals surface area (Å²) < 4.78 is 25.9. The van der Waals surface area contributed by atoms with Crippen LogP contribution in [0.2, 0.25) is 0 Å². The third-order valence-electron chi connectivity index (χ3n) is 4.77. The van der Waals surface area contributed by atoms with Gasteiger partial charge in [-0.05, 0) is 32.0 Å². The summed E-state index contributed by atoms with van der Waals surface area (Å²) in [6.07, 6.45) is 1.92. The Morgan fingerprint density at radius 3 is 2.68 bits per heavy atom. The molecule has 1 saturated heterocycles. The topological polar surface area (TPSA) is 59.4 Å². The Kier molecular flexibility index (Phi) is 3.51. The number of rotatable bonds is 1. The van der Waals surface area contributed by atoms with Crippen LogP contribution >= 0.6 is 0 Å². The van der Waals surface area contributed by atoms with Gasteiger partial charge in [-0.15, -0.1) is 0 Å². The van der Waals surface area contributed by atoms with Crippen molar-refractivity contribution in [3.8, 4) is 0 Å². The Morgan fingerprint density at radius 2 is 1.95 bits per heavy atom. The molecule has 22 heavy (non-hydrogen) atoms. The van der Waals surface area contributed by atoms with Crippen molar-refractivity contribution in [1.82, 2.24) is 9.47 Å². The summed E-state index contributed by atoms with van der Waals surface area (Å²) in [6.45, 7) is 3.75. The lowest BCUT2D eigenvalue weighted by atomic mass is 10.1. The Hall–Kier alpha value is -1.82. The van der Waals surface area contributed by atoms with Gasteiger partial charge in [0.25, 0.3) is 5.91 Å². The number of nitrogens with zero attached hydrogens (tertiary/aromatic N) is 2. The van der Waals surface area contributed by atoms with Crippen LogP contribution in [0, 0.1) is 0 Å². The van der Waals surface area contributed by atoms with Crippen LogP contribution in [0.25, 0.3) is 10.9 Å². The minimum absolute atomic E-state index is 0.0367. The van der Waals surface area contributed by atoms with E-state index in [-0.39, 0.29) is 24.2 Å². The molecule has 0 saturated carbocycles. The van der Waals surface area contributed by atoms with Gasteiger partial charge in [-0.25, -0.2) is 8.42 Å². The van der Waals surface area contributed by atoms with E-state index in [1.165, 1.54) is 0 Å². The largest absolute Gasteiger partial charge is 0.351 e. The number of sulfone groups is 1. The average molecular weight is 320 g/mol. The first-order chi connectivity index (χ1) is 10.3. The monoisotopic (exact) mass is 320 g/mol. The highest BCUT2D eigenvalue weighted by Crippen LogP contribution is 2.25. The maximum atomic E-state index is 12.9. The molecule has 0 N–H and O–H groups in total. The van der Waals surface area contributed by atoms with Crippen LogP contribution in [0.1, 0.15) is 24.2 Å². The zero-order chi connectivity index (χ0) is 16.1. The number of hydrogen-bond acceptors (Lipinski definition) is 3. The number of carbonyl (C=O) groups excluding carboxylic acids is 1. The van der Waals surface area contributed by atoms with Gasteiger partial charge in [-0.3, -0.25) is 4.79 Å². The van der Waals surface area contributed by atoms with Crippen LogP contribution in [0.3, 0.4) is 0 Å². The summed E-state index contributed by atoms with van der Waals surface area (Å²) in [7, 11) is -1.16. The maximum Gasteiger partial charge on any atom is 0.254 e. The van der Waals surface area contributed by atoms with Crippen molar-refractivity contribution in [2.75, 3.05) is 12.3 Å². The lowest BCUT2D eigenvalue weighted by Crippen LogP contribution is -2.54. The Bertz CT molecular complexity index is 838. The molecule has 1 aliphatic heterocycles.